The first-order valence-electron chi connectivity index (χ1n) is 5.86. The molecule has 3 rings (SSSR count). The van der Waals surface area contributed by atoms with Crippen LogP contribution in [0.4, 0.5) is 0 Å². The highest BCUT2D eigenvalue weighted by Gasteiger charge is 2.06. The summed E-state index contributed by atoms with van der Waals surface area (Å²) in [5, 5.41) is 5.31. The van der Waals surface area contributed by atoms with Crippen LogP contribution < -0.4 is 0 Å². The van der Waals surface area contributed by atoms with E-state index in [-0.39, 0.29) is 0 Å². The summed E-state index contributed by atoms with van der Waals surface area (Å²) in [6, 6.07) is 10.3. The van der Waals surface area contributed by atoms with Crippen molar-refractivity contribution >= 4 is 34.4 Å². The molecule has 0 atom stereocenters. The third kappa shape index (κ3) is 3.23. The number of thiazole rings is 2. The fourth-order valence-corrected chi connectivity index (χ4v) is 4.29. The lowest BCUT2D eigenvalue weighted by molar-refractivity contribution is 1.15. The molecule has 0 unspecified atom stereocenters. The van der Waals surface area contributed by atoms with Gasteiger partial charge in [0.05, 0.1) is 5.69 Å². The van der Waals surface area contributed by atoms with Crippen molar-refractivity contribution in [2.45, 2.75) is 17.0 Å². The number of benzene rings is 1. The van der Waals surface area contributed by atoms with E-state index in [1.165, 1.54) is 5.56 Å². The van der Waals surface area contributed by atoms with E-state index in [2.05, 4.69) is 32.9 Å². The molecule has 1 aromatic carbocycles. The molecule has 3 aromatic rings. The number of rotatable bonds is 4. The number of aryl methyl sites for hydroxylation is 1. The molecule has 2 heterocycles. The van der Waals surface area contributed by atoms with Crippen LogP contribution in [0.3, 0.4) is 0 Å². The maximum Gasteiger partial charge on any atom is 0.150 e. The molecule has 2 nitrogen and oxygen atoms in total. The molecule has 0 aliphatic heterocycles. The summed E-state index contributed by atoms with van der Waals surface area (Å²) in [7, 11) is 0. The Morgan fingerprint density at radius 2 is 1.89 bits per heavy atom. The van der Waals surface area contributed by atoms with Crippen LogP contribution in [-0.4, -0.2) is 9.97 Å². The zero-order valence-electron chi connectivity index (χ0n) is 10.4. The number of nitrogens with zero attached hydrogens (tertiary/aromatic N) is 2. The summed E-state index contributed by atoms with van der Waals surface area (Å²) in [6.45, 7) is 2.02. The predicted octanol–water partition coefficient (Wildman–Crippen LogP) is 4.87. The lowest BCUT2D eigenvalue weighted by Crippen LogP contribution is -1.81. The van der Waals surface area contributed by atoms with E-state index in [0.717, 1.165) is 26.5 Å². The topological polar surface area (TPSA) is 25.8 Å². The van der Waals surface area contributed by atoms with Gasteiger partial charge in [-0.3, -0.25) is 0 Å². The summed E-state index contributed by atoms with van der Waals surface area (Å²) in [5.41, 5.74) is 3.41. The van der Waals surface area contributed by atoms with Crippen molar-refractivity contribution < 1.29 is 0 Å². The summed E-state index contributed by atoms with van der Waals surface area (Å²) in [6.07, 6.45) is 0. The first-order valence-corrected chi connectivity index (χ1v) is 8.60. The quantitative estimate of drug-likeness (QED) is 0.643. The van der Waals surface area contributed by atoms with E-state index >= 15 is 0 Å². The van der Waals surface area contributed by atoms with Gasteiger partial charge in [0.25, 0.3) is 0 Å². The Bertz CT molecular complexity index is 658. The number of hydrogen-bond acceptors (Lipinski definition) is 5. The van der Waals surface area contributed by atoms with Gasteiger partial charge >= 0.3 is 0 Å². The SMILES string of the molecule is Cc1csc(SCc2csc(-c3ccccc3)n2)n1. The molecule has 0 amide bonds. The van der Waals surface area contributed by atoms with Gasteiger partial charge in [0.1, 0.15) is 9.35 Å². The Morgan fingerprint density at radius 3 is 2.63 bits per heavy atom. The highest BCUT2D eigenvalue weighted by Crippen LogP contribution is 2.29. The van der Waals surface area contributed by atoms with Gasteiger partial charge < -0.3 is 0 Å². The molecule has 0 radical (unpaired) electrons. The van der Waals surface area contributed by atoms with Crippen molar-refractivity contribution in [1.82, 2.24) is 9.97 Å². The number of thioether (sulfide) groups is 1. The van der Waals surface area contributed by atoms with Gasteiger partial charge in [0, 0.05) is 27.8 Å². The van der Waals surface area contributed by atoms with Crippen molar-refractivity contribution in [3.8, 4) is 10.6 Å². The molecule has 0 saturated carbocycles. The zero-order valence-corrected chi connectivity index (χ0v) is 12.8. The van der Waals surface area contributed by atoms with Gasteiger partial charge in [-0.15, -0.1) is 22.7 Å². The fourth-order valence-electron chi connectivity index (χ4n) is 1.62. The van der Waals surface area contributed by atoms with Crippen molar-refractivity contribution in [3.05, 3.63) is 52.5 Å². The van der Waals surface area contributed by atoms with Crippen molar-refractivity contribution in [2.75, 3.05) is 0 Å². The maximum absolute atomic E-state index is 4.68. The van der Waals surface area contributed by atoms with Crippen LogP contribution in [-0.2, 0) is 5.75 Å². The molecule has 96 valence electrons. The van der Waals surface area contributed by atoms with Crippen molar-refractivity contribution in [2.24, 2.45) is 0 Å². The summed E-state index contributed by atoms with van der Waals surface area (Å²) in [5.74, 6) is 0.885. The lowest BCUT2D eigenvalue weighted by atomic mass is 10.2. The van der Waals surface area contributed by atoms with Gasteiger partial charge in [-0.2, -0.15) is 0 Å². The van der Waals surface area contributed by atoms with Crippen LogP contribution in [0.1, 0.15) is 11.4 Å². The molecule has 0 N–H and O–H groups in total. The van der Waals surface area contributed by atoms with Crippen LogP contribution in [0, 0.1) is 6.92 Å². The van der Waals surface area contributed by atoms with Crippen LogP contribution in [0.2, 0.25) is 0 Å². The van der Waals surface area contributed by atoms with Gasteiger partial charge in [-0.05, 0) is 6.92 Å². The van der Waals surface area contributed by atoms with Crippen LogP contribution in [0.25, 0.3) is 10.6 Å². The van der Waals surface area contributed by atoms with E-state index in [1.807, 2.05) is 25.1 Å². The summed E-state index contributed by atoms with van der Waals surface area (Å²) in [4.78, 5) is 9.12. The average Bonchev–Trinajstić information content (AvgIpc) is 3.06. The van der Waals surface area contributed by atoms with Gasteiger partial charge in [-0.25, -0.2) is 9.97 Å². The van der Waals surface area contributed by atoms with Gasteiger partial charge in [0.15, 0.2) is 0 Å². The first-order chi connectivity index (χ1) is 9.31. The Hall–Kier alpha value is -1.17. The molecule has 0 fully saturated rings. The minimum absolute atomic E-state index is 0.885. The molecule has 0 spiro atoms. The minimum Gasteiger partial charge on any atom is -0.240 e. The van der Waals surface area contributed by atoms with E-state index in [1.54, 1.807) is 34.4 Å². The highest BCUT2D eigenvalue weighted by molar-refractivity contribution is 8.00. The fraction of sp³-hybridized carbons (Fsp3) is 0.143. The molecule has 0 aliphatic carbocycles. The van der Waals surface area contributed by atoms with Crippen LogP contribution in [0.5, 0.6) is 0 Å². The lowest BCUT2D eigenvalue weighted by Gasteiger charge is -1.95. The largest absolute Gasteiger partial charge is 0.240 e. The molecule has 5 heteroatoms. The Labute approximate surface area is 124 Å². The second-order valence-electron chi connectivity index (χ2n) is 4.05. The monoisotopic (exact) mass is 304 g/mol. The molecular weight excluding hydrogens is 292 g/mol. The first kappa shape index (κ1) is 12.8. The third-order valence-corrected chi connectivity index (χ3v) is 5.63. The molecular formula is C14H12N2S3. The average molecular weight is 304 g/mol. The molecule has 0 bridgehead atoms. The smallest absolute Gasteiger partial charge is 0.150 e. The molecule has 0 aliphatic rings. The predicted molar refractivity (Wildman–Crippen MR) is 84.0 cm³/mol. The normalized spacial score (nSPS) is 10.8. The molecule has 19 heavy (non-hydrogen) atoms. The Kier molecular flexibility index (Phi) is 3.96. The van der Waals surface area contributed by atoms with E-state index < -0.39 is 0 Å². The second kappa shape index (κ2) is 5.86. The number of aromatic nitrogens is 2. The number of hydrogen-bond donors (Lipinski definition) is 0. The Morgan fingerprint density at radius 1 is 1.05 bits per heavy atom. The standard InChI is InChI=1S/C14H12N2S3/c1-10-7-18-14(15-10)19-9-12-8-17-13(16-12)11-5-3-2-4-6-11/h2-8H,9H2,1H3. The third-order valence-electron chi connectivity index (χ3n) is 2.51. The van der Waals surface area contributed by atoms with E-state index in [4.69, 9.17) is 0 Å². The van der Waals surface area contributed by atoms with Crippen molar-refractivity contribution in [1.29, 1.82) is 0 Å². The molecule has 2 aromatic heterocycles. The minimum atomic E-state index is 0.885. The van der Waals surface area contributed by atoms with Crippen LogP contribution in [0.15, 0.2) is 45.4 Å². The zero-order chi connectivity index (χ0) is 13.1. The summed E-state index contributed by atoms with van der Waals surface area (Å²) < 4.78 is 1.12. The Balaban J connectivity index is 1.68. The summed E-state index contributed by atoms with van der Waals surface area (Å²) >= 11 is 5.16. The van der Waals surface area contributed by atoms with Gasteiger partial charge in [0.2, 0.25) is 0 Å². The molecule has 0 saturated heterocycles. The van der Waals surface area contributed by atoms with E-state index in [9.17, 15) is 0 Å². The van der Waals surface area contributed by atoms with Gasteiger partial charge in [-0.1, -0.05) is 42.1 Å². The second-order valence-corrected chi connectivity index (χ2v) is 6.99. The van der Waals surface area contributed by atoms with Crippen LogP contribution >= 0.6 is 34.4 Å². The van der Waals surface area contributed by atoms with Crippen molar-refractivity contribution in [3.63, 3.8) is 0 Å². The highest BCUT2D eigenvalue weighted by atomic mass is 32.2. The van der Waals surface area contributed by atoms with E-state index in [0.29, 0.717) is 0 Å². The maximum atomic E-state index is 4.68.